The van der Waals surface area contributed by atoms with Gasteiger partial charge in [-0.3, -0.25) is 0 Å². The number of anilines is 1. The minimum Gasteiger partial charge on any atom is -0.385 e. The molecule has 1 saturated heterocycles. The van der Waals surface area contributed by atoms with E-state index in [1.54, 1.807) is 13.8 Å². The van der Waals surface area contributed by atoms with E-state index in [-0.39, 0.29) is 5.28 Å². The van der Waals surface area contributed by atoms with Crippen LogP contribution in [0.3, 0.4) is 0 Å². The van der Waals surface area contributed by atoms with Gasteiger partial charge in [0.25, 0.3) is 0 Å². The Morgan fingerprint density at radius 2 is 2.05 bits per heavy atom. The molecule has 0 unspecified atom stereocenters. The molecule has 20 heavy (non-hydrogen) atoms. The maximum atomic E-state index is 10.2. The maximum Gasteiger partial charge on any atom is 0.224 e. The Hall–Kier alpha value is -0.950. The van der Waals surface area contributed by atoms with Crippen molar-refractivity contribution in [3.8, 4) is 0 Å². The smallest absolute Gasteiger partial charge is 0.224 e. The first-order valence-electron chi connectivity index (χ1n) is 6.48. The molecule has 1 fully saturated rings. The molecule has 1 N–H and O–H groups in total. The van der Waals surface area contributed by atoms with Crippen molar-refractivity contribution in [1.29, 1.82) is 0 Å². The molecule has 0 radical (unpaired) electrons. The molecule has 1 aliphatic rings. The van der Waals surface area contributed by atoms with Crippen LogP contribution < -0.4 is 4.90 Å². The third-order valence-electron chi connectivity index (χ3n) is 3.24. The van der Waals surface area contributed by atoms with Crippen LogP contribution in [0.25, 0.3) is 10.2 Å². The van der Waals surface area contributed by atoms with Crippen molar-refractivity contribution in [2.45, 2.75) is 19.4 Å². The summed E-state index contributed by atoms with van der Waals surface area (Å²) in [7, 11) is 0. The predicted octanol–water partition coefficient (Wildman–Crippen LogP) is 2.41. The van der Waals surface area contributed by atoms with Crippen molar-refractivity contribution in [2.24, 2.45) is 0 Å². The highest BCUT2D eigenvalue weighted by atomic mass is 35.5. The fourth-order valence-corrected chi connectivity index (χ4v) is 3.46. The fourth-order valence-electron chi connectivity index (χ4n) is 2.18. The lowest BCUT2D eigenvalue weighted by molar-refractivity contribution is 0.0826. The van der Waals surface area contributed by atoms with E-state index >= 15 is 0 Å². The van der Waals surface area contributed by atoms with Crippen molar-refractivity contribution < 1.29 is 9.84 Å². The van der Waals surface area contributed by atoms with E-state index in [4.69, 9.17) is 16.3 Å². The summed E-state index contributed by atoms with van der Waals surface area (Å²) in [5.41, 5.74) is -0.103. The number of hydrogen-bond acceptors (Lipinski definition) is 6. The van der Waals surface area contributed by atoms with Gasteiger partial charge in [-0.05, 0) is 31.5 Å². The first-order valence-corrected chi connectivity index (χ1v) is 7.67. The molecule has 0 saturated carbocycles. The average Bonchev–Trinajstić information content (AvgIpc) is 2.82. The number of aromatic nitrogens is 2. The van der Waals surface area contributed by atoms with Crippen LogP contribution in [0.1, 0.15) is 18.7 Å². The van der Waals surface area contributed by atoms with Crippen LogP contribution in [0.15, 0.2) is 6.07 Å². The average molecular weight is 314 g/mol. The Balaban J connectivity index is 2.12. The minimum atomic E-state index is -0.889. The molecule has 0 atom stereocenters. The summed E-state index contributed by atoms with van der Waals surface area (Å²) in [5.74, 6) is 0.837. The number of nitrogens with zero attached hydrogens (tertiary/aromatic N) is 3. The largest absolute Gasteiger partial charge is 0.385 e. The highest BCUT2D eigenvalue weighted by molar-refractivity contribution is 7.19. The van der Waals surface area contributed by atoms with Gasteiger partial charge in [-0.25, -0.2) is 4.98 Å². The number of rotatable bonds is 2. The summed E-state index contributed by atoms with van der Waals surface area (Å²) in [4.78, 5) is 11.7. The SMILES string of the molecule is CC(C)(O)c1cc2nc(Cl)nc(N3CCOCC3)c2s1. The molecule has 0 aromatic carbocycles. The van der Waals surface area contributed by atoms with Crippen molar-refractivity contribution in [1.82, 2.24) is 9.97 Å². The Morgan fingerprint density at radius 1 is 1.35 bits per heavy atom. The van der Waals surface area contributed by atoms with Crippen LogP contribution in [0.4, 0.5) is 5.82 Å². The number of hydrogen-bond donors (Lipinski definition) is 1. The van der Waals surface area contributed by atoms with Crippen LogP contribution in [-0.4, -0.2) is 41.4 Å². The molecule has 0 amide bonds. The molecule has 2 aromatic rings. The molecule has 3 rings (SSSR count). The lowest BCUT2D eigenvalue weighted by Crippen LogP contribution is -2.36. The van der Waals surface area contributed by atoms with Gasteiger partial charge in [0.05, 0.1) is 29.0 Å². The topological polar surface area (TPSA) is 58.5 Å². The Morgan fingerprint density at radius 3 is 2.70 bits per heavy atom. The van der Waals surface area contributed by atoms with E-state index in [0.717, 1.165) is 34.0 Å². The van der Waals surface area contributed by atoms with E-state index in [1.165, 1.54) is 11.3 Å². The van der Waals surface area contributed by atoms with E-state index < -0.39 is 5.60 Å². The molecule has 0 spiro atoms. The van der Waals surface area contributed by atoms with Crippen LogP contribution in [0.2, 0.25) is 5.28 Å². The second-order valence-electron chi connectivity index (χ2n) is 5.30. The second kappa shape index (κ2) is 5.11. The van der Waals surface area contributed by atoms with Crippen molar-refractivity contribution >= 4 is 39.0 Å². The van der Waals surface area contributed by atoms with E-state index in [9.17, 15) is 5.11 Å². The number of thiophene rings is 1. The Kier molecular flexibility index (Phi) is 3.58. The number of aliphatic hydroxyl groups is 1. The van der Waals surface area contributed by atoms with Gasteiger partial charge in [0.15, 0.2) is 5.82 Å². The zero-order chi connectivity index (χ0) is 14.3. The summed E-state index contributed by atoms with van der Waals surface area (Å²) in [6.07, 6.45) is 0. The molecule has 3 heterocycles. The van der Waals surface area contributed by atoms with Gasteiger partial charge in [-0.15, -0.1) is 11.3 Å². The first-order chi connectivity index (χ1) is 9.45. The standard InChI is InChI=1S/C13H16ClN3O2S/c1-13(2,18)9-7-8-10(20-9)11(16-12(14)15-8)17-3-5-19-6-4-17/h7,18H,3-6H2,1-2H3. The Labute approximate surface area is 126 Å². The fraction of sp³-hybridized carbons (Fsp3) is 0.538. The van der Waals surface area contributed by atoms with Gasteiger partial charge in [-0.2, -0.15) is 4.98 Å². The summed E-state index contributed by atoms with van der Waals surface area (Å²) >= 11 is 7.55. The second-order valence-corrected chi connectivity index (χ2v) is 6.69. The molecule has 0 aliphatic carbocycles. The van der Waals surface area contributed by atoms with E-state index in [1.807, 2.05) is 6.07 Å². The van der Waals surface area contributed by atoms with E-state index in [2.05, 4.69) is 14.9 Å². The molecule has 2 aromatic heterocycles. The third-order valence-corrected chi connectivity index (χ3v) is 4.84. The molecule has 0 bridgehead atoms. The summed E-state index contributed by atoms with van der Waals surface area (Å²) in [5, 5.41) is 10.4. The molecule has 7 heteroatoms. The molecule has 5 nitrogen and oxygen atoms in total. The summed E-state index contributed by atoms with van der Waals surface area (Å²) in [6, 6.07) is 1.89. The van der Waals surface area contributed by atoms with E-state index in [0.29, 0.717) is 13.2 Å². The highest BCUT2D eigenvalue weighted by Crippen LogP contribution is 2.37. The number of fused-ring (bicyclic) bond motifs is 1. The third kappa shape index (κ3) is 2.61. The number of morpholine rings is 1. The van der Waals surface area contributed by atoms with Gasteiger partial charge < -0.3 is 14.7 Å². The van der Waals surface area contributed by atoms with Crippen LogP contribution >= 0.6 is 22.9 Å². The normalized spacial score (nSPS) is 16.9. The lowest BCUT2D eigenvalue weighted by Gasteiger charge is -2.28. The van der Waals surface area contributed by atoms with Gasteiger partial charge in [0, 0.05) is 18.0 Å². The van der Waals surface area contributed by atoms with Crippen molar-refractivity contribution in [2.75, 3.05) is 31.2 Å². The molecule has 1 aliphatic heterocycles. The minimum absolute atomic E-state index is 0.235. The van der Waals surface area contributed by atoms with Crippen molar-refractivity contribution in [3.63, 3.8) is 0 Å². The van der Waals surface area contributed by atoms with Gasteiger partial charge in [0.1, 0.15) is 0 Å². The van der Waals surface area contributed by atoms with Crippen molar-refractivity contribution in [3.05, 3.63) is 16.2 Å². The molecular formula is C13H16ClN3O2S. The van der Waals surface area contributed by atoms with Gasteiger partial charge >= 0.3 is 0 Å². The van der Waals surface area contributed by atoms with Crippen LogP contribution in [0.5, 0.6) is 0 Å². The predicted molar refractivity (Wildman–Crippen MR) is 80.7 cm³/mol. The molecular weight excluding hydrogens is 298 g/mol. The Bertz CT molecular complexity index is 632. The molecule has 108 valence electrons. The quantitative estimate of drug-likeness (QED) is 0.863. The summed E-state index contributed by atoms with van der Waals surface area (Å²) in [6.45, 7) is 6.48. The highest BCUT2D eigenvalue weighted by Gasteiger charge is 2.24. The first kappa shape index (κ1) is 14.0. The zero-order valence-electron chi connectivity index (χ0n) is 11.4. The number of halogens is 1. The monoisotopic (exact) mass is 313 g/mol. The van der Waals surface area contributed by atoms with Gasteiger partial charge in [0.2, 0.25) is 5.28 Å². The van der Waals surface area contributed by atoms with Crippen LogP contribution in [0, 0.1) is 0 Å². The summed E-state index contributed by atoms with van der Waals surface area (Å²) < 4.78 is 6.33. The lowest BCUT2D eigenvalue weighted by atomic mass is 10.1. The van der Waals surface area contributed by atoms with Gasteiger partial charge in [-0.1, -0.05) is 0 Å². The maximum absolute atomic E-state index is 10.2. The van der Waals surface area contributed by atoms with Crippen LogP contribution in [-0.2, 0) is 10.3 Å². The number of ether oxygens (including phenoxy) is 1. The zero-order valence-corrected chi connectivity index (χ0v) is 13.0.